The molecule has 1 aromatic heterocycles. The molecule has 0 saturated carbocycles. The van der Waals surface area contributed by atoms with Crippen molar-refractivity contribution in [1.29, 1.82) is 5.26 Å². The van der Waals surface area contributed by atoms with Crippen LogP contribution in [0.15, 0.2) is 101 Å². The molecule has 7 heteroatoms. The van der Waals surface area contributed by atoms with Gasteiger partial charge in [0.25, 0.3) is 5.91 Å². The third-order valence-electron chi connectivity index (χ3n) is 4.67. The van der Waals surface area contributed by atoms with Crippen LogP contribution in [0.25, 0.3) is 0 Å². The molecule has 0 unspecified atom stereocenters. The van der Waals surface area contributed by atoms with Gasteiger partial charge < -0.3 is 10.1 Å². The first-order chi connectivity index (χ1) is 16.1. The molecule has 0 saturated heterocycles. The van der Waals surface area contributed by atoms with Crippen molar-refractivity contribution < 1.29 is 13.9 Å². The lowest BCUT2D eigenvalue weighted by Gasteiger charge is -2.11. The second kappa shape index (κ2) is 10.4. The average molecular weight is 456 g/mol. The molecule has 0 atom stereocenters. The van der Waals surface area contributed by atoms with E-state index >= 15 is 0 Å². The first-order valence-electron chi connectivity index (χ1n) is 10.0. The van der Waals surface area contributed by atoms with Crippen molar-refractivity contribution in [3.05, 3.63) is 114 Å². The molecule has 4 rings (SSSR count). The zero-order valence-corrected chi connectivity index (χ0v) is 18.2. The van der Waals surface area contributed by atoms with Gasteiger partial charge in [0.05, 0.1) is 17.3 Å². The van der Waals surface area contributed by atoms with E-state index in [9.17, 15) is 14.4 Å². The molecule has 0 aliphatic rings. The van der Waals surface area contributed by atoms with Gasteiger partial charge in [-0.15, -0.1) is 0 Å². The minimum absolute atomic E-state index is 0.0796. The number of benzene rings is 3. The molecule has 162 valence electrons. The summed E-state index contributed by atoms with van der Waals surface area (Å²) in [6.07, 6.45) is 3.10. The molecule has 0 spiro atoms. The molecule has 0 bridgehead atoms. The van der Waals surface area contributed by atoms with E-state index in [2.05, 4.69) is 16.4 Å². The Hall–Kier alpha value is -4.15. The number of pyridine rings is 1. The molecule has 0 aliphatic heterocycles. The van der Waals surface area contributed by atoms with Gasteiger partial charge in [-0.05, 0) is 54.1 Å². The van der Waals surface area contributed by atoms with Crippen LogP contribution in [0.4, 0.5) is 4.39 Å². The second-order valence-corrected chi connectivity index (χ2v) is 8.03. The number of carbonyl (C=O) groups excluding carboxylic acids is 1. The molecule has 3 aromatic carbocycles. The Kier molecular flexibility index (Phi) is 6.98. The van der Waals surface area contributed by atoms with Crippen molar-refractivity contribution >= 4 is 17.7 Å². The van der Waals surface area contributed by atoms with Crippen molar-refractivity contribution in [1.82, 2.24) is 10.3 Å². The van der Waals surface area contributed by atoms with Crippen LogP contribution in [0.3, 0.4) is 0 Å². The monoisotopic (exact) mass is 455 g/mol. The Bertz CT molecular complexity index is 1320. The number of nitriles is 1. The number of hydrogen-bond acceptors (Lipinski definition) is 5. The Balaban J connectivity index is 1.44. The fourth-order valence-corrected chi connectivity index (χ4v) is 4.08. The van der Waals surface area contributed by atoms with Gasteiger partial charge in [0.2, 0.25) is 0 Å². The maximum Gasteiger partial charge on any atom is 0.252 e. The van der Waals surface area contributed by atoms with Gasteiger partial charge in [-0.3, -0.25) is 9.78 Å². The summed E-state index contributed by atoms with van der Waals surface area (Å²) in [5.74, 6) is -0.307. The van der Waals surface area contributed by atoms with Crippen molar-refractivity contribution in [3.8, 4) is 17.6 Å². The van der Waals surface area contributed by atoms with Gasteiger partial charge in [-0.2, -0.15) is 5.26 Å². The number of nitrogens with zero attached hydrogens (tertiary/aromatic N) is 2. The molecule has 1 amide bonds. The van der Waals surface area contributed by atoms with Crippen LogP contribution in [-0.4, -0.2) is 10.9 Å². The summed E-state index contributed by atoms with van der Waals surface area (Å²) in [6.45, 7) is 0.150. The molecule has 1 heterocycles. The van der Waals surface area contributed by atoms with Crippen LogP contribution in [0, 0.1) is 17.1 Å². The molecule has 5 nitrogen and oxygen atoms in total. The predicted octanol–water partition coefficient (Wildman–Crippen LogP) is 5.97. The lowest BCUT2D eigenvalue weighted by Crippen LogP contribution is -2.23. The summed E-state index contributed by atoms with van der Waals surface area (Å²) < 4.78 is 20.0. The summed E-state index contributed by atoms with van der Waals surface area (Å²) in [6, 6.07) is 24.5. The number of aromatic nitrogens is 1. The Morgan fingerprint density at radius 3 is 2.58 bits per heavy atom. The van der Waals surface area contributed by atoms with Gasteiger partial charge in [-0.25, -0.2) is 4.39 Å². The third kappa shape index (κ3) is 5.56. The summed E-state index contributed by atoms with van der Waals surface area (Å²) in [7, 11) is 0. The van der Waals surface area contributed by atoms with Gasteiger partial charge in [0, 0.05) is 22.5 Å². The Morgan fingerprint density at radius 2 is 1.82 bits per heavy atom. The number of halogens is 1. The summed E-state index contributed by atoms with van der Waals surface area (Å²) in [4.78, 5) is 18.3. The van der Waals surface area contributed by atoms with Gasteiger partial charge >= 0.3 is 0 Å². The second-order valence-electron chi connectivity index (χ2n) is 6.94. The minimum atomic E-state index is -0.533. The molecule has 1 N–H and O–H groups in total. The van der Waals surface area contributed by atoms with E-state index in [1.165, 1.54) is 30.1 Å². The Morgan fingerprint density at radius 1 is 1.03 bits per heavy atom. The minimum Gasteiger partial charge on any atom is -0.453 e. The first-order valence-corrected chi connectivity index (χ1v) is 10.9. The topological polar surface area (TPSA) is 75.0 Å². The van der Waals surface area contributed by atoms with Crippen molar-refractivity contribution in [2.75, 3.05) is 0 Å². The smallest absolute Gasteiger partial charge is 0.252 e. The third-order valence-corrected chi connectivity index (χ3v) is 5.82. The lowest BCUT2D eigenvalue weighted by molar-refractivity contribution is 0.0948. The van der Waals surface area contributed by atoms with E-state index in [1.54, 1.807) is 48.7 Å². The number of carbonyl (C=O) groups is 1. The molecular formula is C26H18FN3O2S. The van der Waals surface area contributed by atoms with Gasteiger partial charge in [-0.1, -0.05) is 42.1 Å². The highest BCUT2D eigenvalue weighted by molar-refractivity contribution is 7.99. The molecular weight excluding hydrogens is 437 g/mol. The predicted molar refractivity (Wildman–Crippen MR) is 124 cm³/mol. The van der Waals surface area contributed by atoms with Crippen LogP contribution in [0.5, 0.6) is 11.5 Å². The number of rotatable bonds is 7. The SMILES string of the molecule is N#Cc1ccccc1Sc1ccccc1C(=O)NCc1ccc(Oc2cccnc2)c(F)c1. The van der Waals surface area contributed by atoms with Crippen LogP contribution in [0.2, 0.25) is 0 Å². The van der Waals surface area contributed by atoms with Crippen molar-refractivity contribution in [2.45, 2.75) is 16.3 Å². The maximum atomic E-state index is 14.5. The number of nitrogens with one attached hydrogen (secondary N) is 1. The fourth-order valence-electron chi connectivity index (χ4n) is 3.06. The molecule has 0 aliphatic carbocycles. The van der Waals surface area contributed by atoms with E-state index in [-0.39, 0.29) is 18.2 Å². The van der Waals surface area contributed by atoms with E-state index in [0.717, 1.165) is 9.79 Å². The normalized spacial score (nSPS) is 10.3. The van der Waals surface area contributed by atoms with E-state index < -0.39 is 5.82 Å². The zero-order valence-electron chi connectivity index (χ0n) is 17.4. The number of hydrogen-bond donors (Lipinski definition) is 1. The van der Waals surface area contributed by atoms with E-state index in [0.29, 0.717) is 22.4 Å². The largest absolute Gasteiger partial charge is 0.453 e. The van der Waals surface area contributed by atoms with E-state index in [4.69, 9.17) is 4.74 Å². The number of ether oxygens (including phenoxy) is 1. The molecule has 4 aromatic rings. The standard InChI is InChI=1S/C26H18FN3O2S/c27-22-14-18(11-12-23(22)32-20-7-5-13-29-17-20)16-30-26(31)21-8-2-4-10-25(21)33-24-9-3-1-6-19(24)15-28/h1-14,17H,16H2,(H,30,31). The molecule has 0 radical (unpaired) electrons. The first kappa shape index (κ1) is 22.1. The average Bonchev–Trinajstić information content (AvgIpc) is 2.85. The van der Waals surface area contributed by atoms with Gasteiger partial charge in [0.1, 0.15) is 11.8 Å². The summed E-state index contributed by atoms with van der Waals surface area (Å²) >= 11 is 1.36. The van der Waals surface area contributed by atoms with Crippen LogP contribution in [0.1, 0.15) is 21.5 Å². The van der Waals surface area contributed by atoms with Crippen LogP contribution >= 0.6 is 11.8 Å². The quantitative estimate of drug-likeness (QED) is 0.372. The van der Waals surface area contributed by atoms with Crippen molar-refractivity contribution in [3.63, 3.8) is 0 Å². The number of amides is 1. The maximum absolute atomic E-state index is 14.5. The van der Waals surface area contributed by atoms with E-state index in [1.807, 2.05) is 24.3 Å². The highest BCUT2D eigenvalue weighted by Crippen LogP contribution is 2.32. The molecule has 33 heavy (non-hydrogen) atoms. The highest BCUT2D eigenvalue weighted by Gasteiger charge is 2.14. The van der Waals surface area contributed by atoms with Gasteiger partial charge in [0.15, 0.2) is 11.6 Å². The lowest BCUT2D eigenvalue weighted by atomic mass is 10.2. The Labute approximate surface area is 194 Å². The zero-order chi connectivity index (χ0) is 23.0. The highest BCUT2D eigenvalue weighted by atomic mass is 32.2. The van der Waals surface area contributed by atoms with Crippen LogP contribution in [-0.2, 0) is 6.54 Å². The van der Waals surface area contributed by atoms with Crippen molar-refractivity contribution in [2.24, 2.45) is 0 Å². The van der Waals surface area contributed by atoms with Crippen LogP contribution < -0.4 is 10.1 Å². The molecule has 0 fully saturated rings. The fraction of sp³-hybridized carbons (Fsp3) is 0.0385. The summed E-state index contributed by atoms with van der Waals surface area (Å²) in [5, 5.41) is 12.2. The summed E-state index contributed by atoms with van der Waals surface area (Å²) in [5.41, 5.74) is 1.62.